The molecule has 1 aliphatic carbocycles. The van der Waals surface area contributed by atoms with Gasteiger partial charge in [-0.05, 0) is 61.6 Å². The third kappa shape index (κ3) is 3.01. The predicted octanol–water partition coefficient (Wildman–Crippen LogP) is 2.81. The zero-order valence-electron chi connectivity index (χ0n) is 11.7. The number of fused-ring (bicyclic) bond motifs is 1. The highest BCUT2D eigenvalue weighted by molar-refractivity contribution is 5.32. The van der Waals surface area contributed by atoms with Crippen LogP contribution in [0.4, 0.5) is 0 Å². The van der Waals surface area contributed by atoms with Gasteiger partial charge in [0.2, 0.25) is 0 Å². The smallest absolute Gasteiger partial charge is 0.0434 e. The van der Waals surface area contributed by atoms with Gasteiger partial charge in [0.25, 0.3) is 0 Å². The van der Waals surface area contributed by atoms with Crippen molar-refractivity contribution in [3.05, 3.63) is 35.4 Å². The molecule has 0 radical (unpaired) electrons. The standard InChI is InChI=1S/C17H25NO/c19-11-9-14-8-10-18(12-14)13-16-6-3-5-15-4-1-2-7-17(15)16/h1-2,4,7,14,16,19H,3,5-6,8-13H2. The van der Waals surface area contributed by atoms with E-state index >= 15 is 0 Å². The van der Waals surface area contributed by atoms with Crippen molar-refractivity contribution in [1.29, 1.82) is 0 Å². The zero-order valence-corrected chi connectivity index (χ0v) is 11.7. The van der Waals surface area contributed by atoms with E-state index in [1.807, 2.05) is 0 Å². The molecule has 1 heterocycles. The number of rotatable bonds is 4. The van der Waals surface area contributed by atoms with Gasteiger partial charge in [0.1, 0.15) is 0 Å². The van der Waals surface area contributed by atoms with Crippen LogP contribution < -0.4 is 0 Å². The number of nitrogens with zero attached hydrogens (tertiary/aromatic N) is 1. The highest BCUT2D eigenvalue weighted by atomic mass is 16.3. The molecule has 1 N–H and O–H groups in total. The lowest BCUT2D eigenvalue weighted by atomic mass is 9.82. The van der Waals surface area contributed by atoms with E-state index < -0.39 is 0 Å². The highest BCUT2D eigenvalue weighted by Gasteiger charge is 2.27. The minimum absolute atomic E-state index is 0.352. The third-order valence-electron chi connectivity index (χ3n) is 4.88. The van der Waals surface area contributed by atoms with Crippen LogP contribution in [-0.4, -0.2) is 36.2 Å². The molecule has 2 heteroatoms. The number of aliphatic hydroxyl groups is 1. The second kappa shape index (κ2) is 6.06. The van der Waals surface area contributed by atoms with E-state index in [2.05, 4.69) is 29.2 Å². The molecule has 0 bridgehead atoms. The first-order valence-electron chi connectivity index (χ1n) is 7.78. The summed E-state index contributed by atoms with van der Waals surface area (Å²) in [4.78, 5) is 2.62. The first-order valence-corrected chi connectivity index (χ1v) is 7.78. The van der Waals surface area contributed by atoms with Crippen molar-refractivity contribution >= 4 is 0 Å². The van der Waals surface area contributed by atoms with Gasteiger partial charge in [-0.2, -0.15) is 0 Å². The Hall–Kier alpha value is -0.860. The lowest BCUT2D eigenvalue weighted by Gasteiger charge is -2.29. The maximum atomic E-state index is 9.05. The first-order chi connectivity index (χ1) is 9.36. The number of aryl methyl sites for hydroxylation is 1. The Morgan fingerprint density at radius 3 is 3.00 bits per heavy atom. The summed E-state index contributed by atoms with van der Waals surface area (Å²) >= 11 is 0. The minimum Gasteiger partial charge on any atom is -0.396 e. The van der Waals surface area contributed by atoms with Gasteiger partial charge in [-0.1, -0.05) is 24.3 Å². The van der Waals surface area contributed by atoms with Gasteiger partial charge in [-0.3, -0.25) is 0 Å². The monoisotopic (exact) mass is 259 g/mol. The Morgan fingerprint density at radius 1 is 1.21 bits per heavy atom. The quantitative estimate of drug-likeness (QED) is 0.899. The average Bonchev–Trinajstić information content (AvgIpc) is 2.87. The van der Waals surface area contributed by atoms with Crippen LogP contribution >= 0.6 is 0 Å². The molecule has 2 atom stereocenters. The van der Waals surface area contributed by atoms with Crippen LogP contribution in [0.1, 0.15) is 42.7 Å². The SMILES string of the molecule is OCCC1CCN(CC2CCCc3ccccc32)C1. The van der Waals surface area contributed by atoms with E-state index in [4.69, 9.17) is 5.11 Å². The number of hydrogen-bond acceptors (Lipinski definition) is 2. The normalized spacial score (nSPS) is 27.4. The van der Waals surface area contributed by atoms with Crippen LogP contribution in [0.25, 0.3) is 0 Å². The van der Waals surface area contributed by atoms with Crippen LogP contribution in [-0.2, 0) is 6.42 Å². The third-order valence-corrected chi connectivity index (χ3v) is 4.88. The first kappa shape index (κ1) is 13.1. The lowest BCUT2D eigenvalue weighted by Crippen LogP contribution is -2.28. The van der Waals surface area contributed by atoms with E-state index in [1.54, 1.807) is 11.1 Å². The number of hydrogen-bond donors (Lipinski definition) is 1. The zero-order chi connectivity index (χ0) is 13.1. The average molecular weight is 259 g/mol. The van der Waals surface area contributed by atoms with Crippen LogP contribution in [0.5, 0.6) is 0 Å². The fraction of sp³-hybridized carbons (Fsp3) is 0.647. The summed E-state index contributed by atoms with van der Waals surface area (Å²) in [7, 11) is 0. The van der Waals surface area contributed by atoms with E-state index in [1.165, 1.54) is 45.3 Å². The molecule has 19 heavy (non-hydrogen) atoms. The molecule has 0 saturated carbocycles. The highest BCUT2D eigenvalue weighted by Crippen LogP contribution is 2.33. The summed E-state index contributed by atoms with van der Waals surface area (Å²) < 4.78 is 0. The van der Waals surface area contributed by atoms with Gasteiger partial charge >= 0.3 is 0 Å². The summed E-state index contributed by atoms with van der Waals surface area (Å²) in [5.74, 6) is 1.46. The van der Waals surface area contributed by atoms with E-state index in [9.17, 15) is 0 Å². The summed E-state index contributed by atoms with van der Waals surface area (Å²) in [5, 5.41) is 9.05. The van der Waals surface area contributed by atoms with Gasteiger partial charge in [0, 0.05) is 19.7 Å². The molecule has 0 amide bonds. The van der Waals surface area contributed by atoms with E-state index in [-0.39, 0.29) is 0 Å². The van der Waals surface area contributed by atoms with Crippen LogP contribution in [0.15, 0.2) is 24.3 Å². The Labute approximate surface area is 116 Å². The van der Waals surface area contributed by atoms with Crippen molar-refractivity contribution in [3.8, 4) is 0 Å². The summed E-state index contributed by atoms with van der Waals surface area (Å²) in [6.45, 7) is 3.99. The Bertz CT molecular complexity index is 417. The molecule has 2 unspecified atom stereocenters. The van der Waals surface area contributed by atoms with E-state index in [0.717, 1.165) is 18.3 Å². The molecule has 1 saturated heterocycles. The molecule has 2 aliphatic rings. The fourth-order valence-electron chi connectivity index (χ4n) is 3.85. The molecule has 1 aliphatic heterocycles. The minimum atomic E-state index is 0.352. The molecule has 1 fully saturated rings. The van der Waals surface area contributed by atoms with Crippen molar-refractivity contribution < 1.29 is 5.11 Å². The summed E-state index contributed by atoms with van der Waals surface area (Å²) in [6, 6.07) is 9.00. The van der Waals surface area contributed by atoms with Crippen LogP contribution in [0.2, 0.25) is 0 Å². The van der Waals surface area contributed by atoms with Gasteiger partial charge in [-0.15, -0.1) is 0 Å². The fourth-order valence-corrected chi connectivity index (χ4v) is 3.85. The van der Waals surface area contributed by atoms with E-state index in [0.29, 0.717) is 6.61 Å². The van der Waals surface area contributed by atoms with Crippen molar-refractivity contribution in [2.75, 3.05) is 26.2 Å². The largest absolute Gasteiger partial charge is 0.396 e. The lowest BCUT2D eigenvalue weighted by molar-refractivity contribution is 0.245. The van der Waals surface area contributed by atoms with Crippen molar-refractivity contribution in [1.82, 2.24) is 4.90 Å². The molecular formula is C17H25NO. The molecule has 3 rings (SSSR count). The van der Waals surface area contributed by atoms with Crippen LogP contribution in [0, 0.1) is 5.92 Å². The maximum Gasteiger partial charge on any atom is 0.0434 e. The molecular weight excluding hydrogens is 234 g/mol. The molecule has 0 aromatic heterocycles. The number of aliphatic hydroxyl groups excluding tert-OH is 1. The second-order valence-corrected chi connectivity index (χ2v) is 6.21. The number of likely N-dealkylation sites (tertiary alicyclic amines) is 1. The van der Waals surface area contributed by atoms with Crippen molar-refractivity contribution in [2.45, 2.75) is 38.0 Å². The van der Waals surface area contributed by atoms with Gasteiger partial charge < -0.3 is 10.0 Å². The Balaban J connectivity index is 1.62. The Kier molecular flexibility index (Phi) is 4.19. The second-order valence-electron chi connectivity index (χ2n) is 6.21. The molecule has 2 nitrogen and oxygen atoms in total. The molecule has 104 valence electrons. The number of benzene rings is 1. The van der Waals surface area contributed by atoms with Gasteiger partial charge in [-0.25, -0.2) is 0 Å². The topological polar surface area (TPSA) is 23.5 Å². The summed E-state index contributed by atoms with van der Waals surface area (Å²) in [6.07, 6.45) is 6.21. The van der Waals surface area contributed by atoms with Gasteiger partial charge in [0.05, 0.1) is 0 Å². The molecule has 1 aromatic rings. The van der Waals surface area contributed by atoms with Crippen molar-refractivity contribution in [2.24, 2.45) is 5.92 Å². The van der Waals surface area contributed by atoms with Gasteiger partial charge in [0.15, 0.2) is 0 Å². The maximum absolute atomic E-state index is 9.05. The summed E-state index contributed by atoms with van der Waals surface area (Å²) in [5.41, 5.74) is 3.17. The molecule has 1 aromatic carbocycles. The van der Waals surface area contributed by atoms with Crippen LogP contribution in [0.3, 0.4) is 0 Å². The molecule has 0 spiro atoms. The van der Waals surface area contributed by atoms with Crippen molar-refractivity contribution in [3.63, 3.8) is 0 Å². The predicted molar refractivity (Wildman–Crippen MR) is 78.4 cm³/mol. The Morgan fingerprint density at radius 2 is 2.11 bits per heavy atom.